The van der Waals surface area contributed by atoms with Crippen LogP contribution in [0.1, 0.15) is 33.3 Å². The number of nitrogens with two attached hydrogens (primary N) is 1. The molecule has 0 bridgehead atoms. The number of fused-ring (bicyclic) bond motifs is 1. The number of benzene rings is 1. The molecule has 0 aliphatic carbocycles. The van der Waals surface area contributed by atoms with Crippen LogP contribution in [0, 0.1) is 23.2 Å². The number of hydrogen-bond acceptors (Lipinski definition) is 7. The van der Waals surface area contributed by atoms with Crippen LogP contribution in [-0.4, -0.2) is 52.0 Å². The maximum absolute atomic E-state index is 13.6. The summed E-state index contributed by atoms with van der Waals surface area (Å²) in [7, 11) is 0. The lowest BCUT2D eigenvalue weighted by atomic mass is 10.1. The molecule has 3 heterocycles. The van der Waals surface area contributed by atoms with E-state index in [1.807, 2.05) is 6.07 Å². The second-order valence-corrected chi connectivity index (χ2v) is 7.80. The molecular weight excluding hydrogens is 434 g/mol. The predicted molar refractivity (Wildman–Crippen MR) is 127 cm³/mol. The van der Waals surface area contributed by atoms with Crippen molar-refractivity contribution in [3.8, 4) is 17.9 Å². The van der Waals surface area contributed by atoms with Crippen molar-refractivity contribution in [3.05, 3.63) is 57.5 Å². The highest BCUT2D eigenvalue weighted by atomic mass is 16.2. The quantitative estimate of drug-likeness (QED) is 0.405. The molecule has 0 spiro atoms. The maximum atomic E-state index is 13.6. The van der Waals surface area contributed by atoms with Crippen molar-refractivity contribution in [3.63, 3.8) is 0 Å². The van der Waals surface area contributed by atoms with Crippen molar-refractivity contribution < 1.29 is 9.59 Å². The van der Waals surface area contributed by atoms with Gasteiger partial charge in [-0.2, -0.15) is 5.26 Å². The van der Waals surface area contributed by atoms with Crippen molar-refractivity contribution in [2.45, 2.75) is 20.0 Å². The third-order valence-electron chi connectivity index (χ3n) is 5.67. The Kier molecular flexibility index (Phi) is 6.44. The molecule has 2 aromatic heterocycles. The molecule has 0 atom stereocenters. The Hall–Kier alpha value is -4.41. The fourth-order valence-corrected chi connectivity index (χ4v) is 4.00. The van der Waals surface area contributed by atoms with Crippen molar-refractivity contribution in [1.82, 2.24) is 19.4 Å². The predicted octanol–water partition coefficient (Wildman–Crippen LogP) is 0.484. The molecule has 1 aliphatic rings. The Morgan fingerprint density at radius 1 is 1.21 bits per heavy atom. The van der Waals surface area contributed by atoms with Gasteiger partial charge in [0.1, 0.15) is 11.2 Å². The van der Waals surface area contributed by atoms with Crippen molar-refractivity contribution in [1.29, 1.82) is 5.26 Å². The van der Waals surface area contributed by atoms with Gasteiger partial charge in [-0.15, -0.1) is 5.92 Å². The number of carbonyl (C=O) groups excluding carboxylic acids is 2. The number of Topliss-reactive ketones (excluding diaryl/α,β-unsaturated/α-hetero) is 1. The van der Waals surface area contributed by atoms with Crippen molar-refractivity contribution >= 4 is 28.7 Å². The number of nitrogens with one attached hydrogen (secondary N) is 1. The van der Waals surface area contributed by atoms with E-state index in [1.54, 1.807) is 29.7 Å². The first-order chi connectivity index (χ1) is 16.4. The number of pyridine rings is 1. The summed E-state index contributed by atoms with van der Waals surface area (Å²) in [5, 5.41) is 12.4. The molecule has 1 fully saturated rings. The molecule has 3 N–H and O–H groups in total. The van der Waals surface area contributed by atoms with E-state index in [4.69, 9.17) is 11.0 Å². The molecule has 34 heavy (non-hydrogen) atoms. The maximum Gasteiger partial charge on any atom is 0.277 e. The highest BCUT2D eigenvalue weighted by molar-refractivity contribution is 5.99. The van der Waals surface area contributed by atoms with E-state index in [-0.39, 0.29) is 23.3 Å². The summed E-state index contributed by atoms with van der Waals surface area (Å²) in [6, 6.07) is 9.59. The number of nitriles is 1. The average molecular weight is 457 g/mol. The van der Waals surface area contributed by atoms with Gasteiger partial charge in [-0.25, -0.2) is 4.98 Å². The van der Waals surface area contributed by atoms with E-state index >= 15 is 0 Å². The Morgan fingerprint density at radius 2 is 1.97 bits per heavy atom. The molecule has 10 heteroatoms. The standard InChI is InChI=1S/C24H23N7O3/c1-2-3-9-30-21-18(28-24(30)29-10-7-27-8-11-29)13-19(22(26)33)31(23(21)34)15-20(32)17-6-4-5-16(12-17)14-25/h4-6,12-13,27H,7-11,15H2,1H3,(H2,26,33). The zero-order chi connectivity index (χ0) is 24.2. The van der Waals surface area contributed by atoms with Crippen LogP contribution in [0.4, 0.5) is 5.95 Å². The molecule has 1 amide bonds. The molecule has 1 aromatic carbocycles. The fourth-order valence-electron chi connectivity index (χ4n) is 4.00. The number of amides is 1. The van der Waals surface area contributed by atoms with Crippen LogP contribution in [0.2, 0.25) is 0 Å². The minimum Gasteiger partial charge on any atom is -0.364 e. The SMILES string of the molecule is CC#CCn1c(N2CCNCC2)nc2cc(C(N)=O)n(CC(=O)c3cccc(C#N)c3)c(=O)c21. The zero-order valence-corrected chi connectivity index (χ0v) is 18.7. The van der Waals surface area contributed by atoms with E-state index in [9.17, 15) is 14.4 Å². The Morgan fingerprint density at radius 3 is 2.65 bits per heavy atom. The van der Waals surface area contributed by atoms with Gasteiger partial charge < -0.3 is 16.0 Å². The van der Waals surface area contributed by atoms with Crippen LogP contribution in [0.25, 0.3) is 11.0 Å². The van der Waals surface area contributed by atoms with Crippen LogP contribution >= 0.6 is 0 Å². The lowest BCUT2D eigenvalue weighted by Crippen LogP contribution is -2.44. The number of anilines is 1. The van der Waals surface area contributed by atoms with Crippen LogP contribution in [0.3, 0.4) is 0 Å². The van der Waals surface area contributed by atoms with E-state index in [1.165, 1.54) is 12.1 Å². The third kappa shape index (κ3) is 4.27. The second kappa shape index (κ2) is 9.61. The molecule has 172 valence electrons. The Labute approximate surface area is 195 Å². The van der Waals surface area contributed by atoms with Gasteiger partial charge in [0, 0.05) is 31.7 Å². The van der Waals surface area contributed by atoms with Gasteiger partial charge >= 0.3 is 0 Å². The van der Waals surface area contributed by atoms with Gasteiger partial charge in [0.05, 0.1) is 30.2 Å². The minimum absolute atomic E-state index is 0.111. The lowest BCUT2D eigenvalue weighted by Gasteiger charge is -2.28. The number of ketones is 1. The van der Waals surface area contributed by atoms with Gasteiger partial charge in [0.2, 0.25) is 5.95 Å². The molecule has 0 saturated carbocycles. The molecule has 0 radical (unpaired) electrons. The molecular formula is C24H23N7O3. The highest BCUT2D eigenvalue weighted by Crippen LogP contribution is 2.22. The summed E-state index contributed by atoms with van der Waals surface area (Å²) in [6.45, 7) is 4.48. The number of aromatic nitrogens is 3. The third-order valence-corrected chi connectivity index (χ3v) is 5.67. The zero-order valence-electron chi connectivity index (χ0n) is 18.7. The van der Waals surface area contributed by atoms with Gasteiger partial charge in [-0.1, -0.05) is 18.1 Å². The highest BCUT2D eigenvalue weighted by Gasteiger charge is 2.24. The number of hydrogen-bond donors (Lipinski definition) is 2. The summed E-state index contributed by atoms with van der Waals surface area (Å²) < 4.78 is 2.80. The first-order valence-corrected chi connectivity index (χ1v) is 10.8. The van der Waals surface area contributed by atoms with Gasteiger partial charge in [-0.3, -0.25) is 23.5 Å². The molecule has 1 aliphatic heterocycles. The fraction of sp³-hybridized carbons (Fsp3) is 0.292. The normalized spacial score (nSPS) is 13.2. The number of rotatable bonds is 6. The van der Waals surface area contributed by atoms with Crippen LogP contribution < -0.4 is 21.5 Å². The van der Waals surface area contributed by atoms with Crippen LogP contribution in [0.5, 0.6) is 0 Å². The number of primary amides is 1. The Bertz CT molecular complexity index is 1440. The van der Waals surface area contributed by atoms with Crippen molar-refractivity contribution in [2.24, 2.45) is 5.73 Å². The van der Waals surface area contributed by atoms with Gasteiger partial charge in [-0.05, 0) is 25.1 Å². The first-order valence-electron chi connectivity index (χ1n) is 10.8. The van der Waals surface area contributed by atoms with E-state index in [0.717, 1.165) is 17.7 Å². The average Bonchev–Trinajstić information content (AvgIpc) is 3.23. The van der Waals surface area contributed by atoms with Crippen LogP contribution in [-0.2, 0) is 13.1 Å². The van der Waals surface area contributed by atoms with E-state index in [2.05, 4.69) is 27.0 Å². The first kappa shape index (κ1) is 22.8. The van der Waals surface area contributed by atoms with Gasteiger partial charge in [0.15, 0.2) is 5.78 Å². The molecule has 3 aromatic rings. The largest absolute Gasteiger partial charge is 0.364 e. The molecule has 1 saturated heterocycles. The summed E-state index contributed by atoms with van der Waals surface area (Å²) in [5.41, 5.74) is 6.06. The summed E-state index contributed by atoms with van der Waals surface area (Å²) in [4.78, 5) is 45.5. The summed E-state index contributed by atoms with van der Waals surface area (Å²) in [6.07, 6.45) is 0. The lowest BCUT2D eigenvalue weighted by molar-refractivity contribution is 0.0961. The monoisotopic (exact) mass is 457 g/mol. The van der Waals surface area contributed by atoms with E-state index < -0.39 is 23.8 Å². The minimum atomic E-state index is -0.843. The topological polar surface area (TPSA) is 139 Å². The summed E-state index contributed by atoms with van der Waals surface area (Å²) in [5.74, 6) is 5.12. The molecule has 0 unspecified atom stereocenters. The number of carbonyl (C=O) groups is 2. The number of piperazine rings is 1. The van der Waals surface area contributed by atoms with Gasteiger partial charge in [0.25, 0.3) is 11.5 Å². The molecule has 10 nitrogen and oxygen atoms in total. The molecule has 4 rings (SSSR count). The Balaban J connectivity index is 1.87. The van der Waals surface area contributed by atoms with Crippen molar-refractivity contribution in [2.75, 3.05) is 31.1 Å². The smallest absolute Gasteiger partial charge is 0.277 e. The number of nitrogens with zero attached hydrogens (tertiary/aromatic N) is 5. The second-order valence-electron chi connectivity index (χ2n) is 7.80. The summed E-state index contributed by atoms with van der Waals surface area (Å²) >= 11 is 0. The van der Waals surface area contributed by atoms with E-state index in [0.29, 0.717) is 30.1 Å². The van der Waals surface area contributed by atoms with Crippen LogP contribution in [0.15, 0.2) is 35.1 Å². The number of imidazole rings is 1.